The van der Waals surface area contributed by atoms with E-state index in [1.54, 1.807) is 12.1 Å². The monoisotopic (exact) mass is 352 g/mol. The SMILES string of the molecule is CCO[C@]12c3ccccc3O[C@@H](c3ccc(F)cc3)[C@@H]1C2(Cl)Cl. The first-order chi connectivity index (χ1) is 11.0. The van der Waals surface area contributed by atoms with E-state index in [9.17, 15) is 4.39 Å². The molecule has 1 saturated carbocycles. The molecule has 1 aliphatic carbocycles. The van der Waals surface area contributed by atoms with Gasteiger partial charge in [0.15, 0.2) is 4.33 Å². The summed E-state index contributed by atoms with van der Waals surface area (Å²) in [5, 5.41) is 0. The van der Waals surface area contributed by atoms with Crippen LogP contribution in [0.15, 0.2) is 48.5 Å². The zero-order valence-corrected chi connectivity index (χ0v) is 13.9. The molecule has 5 heteroatoms. The molecule has 120 valence electrons. The number of hydrogen-bond acceptors (Lipinski definition) is 2. The summed E-state index contributed by atoms with van der Waals surface area (Å²) in [7, 11) is 0. The highest BCUT2D eigenvalue weighted by atomic mass is 35.5. The van der Waals surface area contributed by atoms with Crippen LogP contribution in [-0.4, -0.2) is 10.9 Å². The Kier molecular flexibility index (Phi) is 3.38. The van der Waals surface area contributed by atoms with Crippen molar-refractivity contribution in [3.05, 3.63) is 65.5 Å². The van der Waals surface area contributed by atoms with Gasteiger partial charge in [-0.05, 0) is 30.7 Å². The molecule has 2 nitrogen and oxygen atoms in total. The van der Waals surface area contributed by atoms with Crippen molar-refractivity contribution in [3.8, 4) is 5.75 Å². The molecule has 3 atom stereocenters. The van der Waals surface area contributed by atoms with Crippen molar-refractivity contribution in [2.45, 2.75) is 23.0 Å². The third-order valence-electron chi connectivity index (χ3n) is 4.65. The molecule has 0 saturated heterocycles. The van der Waals surface area contributed by atoms with Gasteiger partial charge >= 0.3 is 0 Å². The van der Waals surface area contributed by atoms with Gasteiger partial charge in [0, 0.05) is 12.2 Å². The number of alkyl halides is 2. The van der Waals surface area contributed by atoms with Gasteiger partial charge in [-0.25, -0.2) is 4.39 Å². The third-order valence-corrected chi connectivity index (χ3v) is 5.69. The fourth-order valence-electron chi connectivity index (χ4n) is 3.64. The van der Waals surface area contributed by atoms with Crippen molar-refractivity contribution in [1.29, 1.82) is 0 Å². The molecule has 0 N–H and O–H groups in total. The van der Waals surface area contributed by atoms with Gasteiger partial charge < -0.3 is 9.47 Å². The van der Waals surface area contributed by atoms with Crippen LogP contribution in [-0.2, 0) is 10.3 Å². The number of ether oxygens (including phenoxy) is 2. The minimum Gasteiger partial charge on any atom is -0.485 e. The Morgan fingerprint density at radius 2 is 1.83 bits per heavy atom. The Morgan fingerprint density at radius 1 is 1.13 bits per heavy atom. The highest BCUT2D eigenvalue weighted by Gasteiger charge is 2.83. The summed E-state index contributed by atoms with van der Waals surface area (Å²) in [4.78, 5) is 0. The highest BCUT2D eigenvalue weighted by Crippen LogP contribution is 2.77. The van der Waals surface area contributed by atoms with Crippen LogP contribution in [0.25, 0.3) is 0 Å². The van der Waals surface area contributed by atoms with Crippen LogP contribution >= 0.6 is 23.2 Å². The van der Waals surface area contributed by atoms with Crippen molar-refractivity contribution >= 4 is 23.2 Å². The molecule has 1 heterocycles. The lowest BCUT2D eigenvalue weighted by atomic mass is 9.95. The lowest BCUT2D eigenvalue weighted by Crippen LogP contribution is -2.27. The van der Waals surface area contributed by atoms with Crippen LogP contribution in [0.1, 0.15) is 24.2 Å². The number of halogens is 3. The second-order valence-electron chi connectivity index (χ2n) is 5.86. The second-order valence-corrected chi connectivity index (χ2v) is 7.24. The van der Waals surface area contributed by atoms with Gasteiger partial charge in [0.25, 0.3) is 0 Å². The topological polar surface area (TPSA) is 18.5 Å². The summed E-state index contributed by atoms with van der Waals surface area (Å²) >= 11 is 13.3. The lowest BCUT2D eigenvalue weighted by Gasteiger charge is -2.31. The number of hydrogen-bond donors (Lipinski definition) is 0. The number of fused-ring (bicyclic) bond motifs is 3. The molecule has 0 bridgehead atoms. The Bertz CT molecular complexity index is 747. The maximum absolute atomic E-state index is 13.2. The first-order valence-electron chi connectivity index (χ1n) is 7.55. The molecule has 0 spiro atoms. The summed E-state index contributed by atoms with van der Waals surface area (Å²) in [5.41, 5.74) is 0.909. The summed E-state index contributed by atoms with van der Waals surface area (Å²) < 4.78 is 24.3. The summed E-state index contributed by atoms with van der Waals surface area (Å²) in [6.07, 6.45) is -0.382. The van der Waals surface area contributed by atoms with Crippen LogP contribution in [0.3, 0.4) is 0 Å². The molecule has 0 amide bonds. The maximum Gasteiger partial charge on any atom is 0.161 e. The van der Waals surface area contributed by atoms with E-state index in [0.717, 1.165) is 11.1 Å². The van der Waals surface area contributed by atoms with E-state index in [-0.39, 0.29) is 17.8 Å². The van der Waals surface area contributed by atoms with Crippen molar-refractivity contribution in [1.82, 2.24) is 0 Å². The standard InChI is InChI=1S/C18H15Cl2FO2/c1-2-22-17-13-5-3-4-6-14(13)23-15(16(17)18(17,19)20)11-7-9-12(21)10-8-11/h3-10,15-16H,2H2,1H3/t15-,16-,17+/m0/s1. The van der Waals surface area contributed by atoms with Gasteiger partial charge in [-0.1, -0.05) is 53.5 Å². The predicted molar refractivity (Wildman–Crippen MR) is 87.4 cm³/mol. The van der Waals surface area contributed by atoms with Crippen molar-refractivity contribution < 1.29 is 13.9 Å². The number of rotatable bonds is 3. The van der Waals surface area contributed by atoms with Gasteiger partial charge in [-0.3, -0.25) is 0 Å². The van der Waals surface area contributed by atoms with Gasteiger partial charge in [0.2, 0.25) is 0 Å². The van der Waals surface area contributed by atoms with E-state index in [1.165, 1.54) is 12.1 Å². The van der Waals surface area contributed by atoms with Gasteiger partial charge in [-0.2, -0.15) is 0 Å². The first kappa shape index (κ1) is 15.3. The minimum atomic E-state index is -1.09. The van der Waals surface area contributed by atoms with E-state index in [0.29, 0.717) is 12.4 Å². The third kappa shape index (κ3) is 1.97. The highest BCUT2D eigenvalue weighted by molar-refractivity contribution is 6.52. The molecule has 0 aromatic heterocycles. The molecule has 4 rings (SSSR count). The molecule has 23 heavy (non-hydrogen) atoms. The van der Waals surface area contributed by atoms with E-state index < -0.39 is 9.93 Å². The summed E-state index contributed by atoms with van der Waals surface area (Å²) in [6.45, 7) is 2.40. The Hall–Kier alpha value is -1.29. The summed E-state index contributed by atoms with van der Waals surface area (Å²) in [5.74, 6) is 0.160. The van der Waals surface area contributed by atoms with Gasteiger partial charge in [0.1, 0.15) is 23.3 Å². The van der Waals surface area contributed by atoms with Crippen LogP contribution < -0.4 is 4.74 Å². The molecular weight excluding hydrogens is 338 g/mol. The molecule has 1 aliphatic heterocycles. The quantitative estimate of drug-likeness (QED) is 0.724. The molecular formula is C18H15Cl2FO2. The normalized spacial score (nSPS) is 30.1. The first-order valence-corrected chi connectivity index (χ1v) is 8.31. The van der Waals surface area contributed by atoms with Gasteiger partial charge in [0.05, 0.1) is 5.92 Å². The second kappa shape index (κ2) is 5.10. The molecule has 1 fully saturated rings. The largest absolute Gasteiger partial charge is 0.485 e. The van der Waals surface area contributed by atoms with Crippen molar-refractivity contribution in [2.24, 2.45) is 5.92 Å². The fourth-order valence-corrected chi connectivity index (χ4v) is 4.62. The number of para-hydroxylation sites is 1. The molecule has 2 aromatic rings. The average Bonchev–Trinajstić information content (AvgIpc) is 3.05. The average molecular weight is 353 g/mol. The predicted octanol–water partition coefficient (Wildman–Crippen LogP) is 4.99. The Morgan fingerprint density at radius 3 is 2.52 bits per heavy atom. The van der Waals surface area contributed by atoms with Crippen LogP contribution in [0, 0.1) is 11.7 Å². The van der Waals surface area contributed by atoms with Crippen LogP contribution in [0.4, 0.5) is 4.39 Å². The van der Waals surface area contributed by atoms with Crippen LogP contribution in [0.2, 0.25) is 0 Å². The molecule has 2 aliphatic rings. The Balaban J connectivity index is 1.85. The molecule has 0 radical (unpaired) electrons. The molecule has 2 aromatic carbocycles. The zero-order chi connectivity index (χ0) is 16.2. The zero-order valence-electron chi connectivity index (χ0n) is 12.4. The fraction of sp³-hybridized carbons (Fsp3) is 0.333. The van der Waals surface area contributed by atoms with Gasteiger partial charge in [-0.15, -0.1) is 0 Å². The molecule has 0 unspecified atom stereocenters. The smallest absolute Gasteiger partial charge is 0.161 e. The van der Waals surface area contributed by atoms with E-state index in [4.69, 9.17) is 32.7 Å². The van der Waals surface area contributed by atoms with E-state index in [1.807, 2.05) is 31.2 Å². The van der Waals surface area contributed by atoms with Crippen LogP contribution in [0.5, 0.6) is 5.75 Å². The number of benzene rings is 2. The maximum atomic E-state index is 13.2. The minimum absolute atomic E-state index is 0.251. The summed E-state index contributed by atoms with van der Waals surface area (Å²) in [6, 6.07) is 13.9. The van der Waals surface area contributed by atoms with E-state index >= 15 is 0 Å². The lowest BCUT2D eigenvalue weighted by molar-refractivity contribution is -0.0119. The van der Waals surface area contributed by atoms with E-state index in [2.05, 4.69) is 0 Å². The Labute approximate surface area is 144 Å². The van der Waals surface area contributed by atoms with Crippen molar-refractivity contribution in [3.63, 3.8) is 0 Å². The van der Waals surface area contributed by atoms with Crippen molar-refractivity contribution in [2.75, 3.05) is 6.61 Å².